The Labute approximate surface area is 185 Å². The fourth-order valence-corrected chi connectivity index (χ4v) is 4.33. The van der Waals surface area contributed by atoms with Crippen LogP contribution >= 0.6 is 0 Å². The third-order valence-corrected chi connectivity index (χ3v) is 5.83. The van der Waals surface area contributed by atoms with Crippen molar-refractivity contribution >= 4 is 33.5 Å². The highest BCUT2D eigenvalue weighted by molar-refractivity contribution is 6.18. The van der Waals surface area contributed by atoms with E-state index in [0.717, 1.165) is 32.9 Å². The minimum absolute atomic E-state index is 0.0115. The van der Waals surface area contributed by atoms with Crippen molar-refractivity contribution in [2.45, 2.75) is 13.5 Å². The standard InChI is InChI=1S/C28H21N2O2/c1-18-14-15-22-25(16-18)30(24-13-7-12-23(26(22)24)28(29)32)17-20-10-5-6-11-21(20)27(31)19-8-3-2-4-9-19/h2-14,16H,17H2,1H3,(H2,29,32). The second-order valence-electron chi connectivity index (χ2n) is 7.94. The number of nitrogens with two attached hydrogens (primary N) is 1. The average Bonchev–Trinajstić information content (AvgIpc) is 3.12. The number of carbonyl (C=O) groups excluding carboxylic acids is 2. The predicted octanol–water partition coefficient (Wildman–Crippen LogP) is 5.28. The number of hydrogen-bond donors (Lipinski definition) is 1. The zero-order valence-corrected chi connectivity index (χ0v) is 17.6. The van der Waals surface area contributed by atoms with E-state index in [0.29, 0.717) is 23.2 Å². The molecular formula is C28H21N2O2. The number of ketones is 1. The Morgan fingerprint density at radius 2 is 1.59 bits per heavy atom. The number of carbonyl (C=O) groups is 2. The topological polar surface area (TPSA) is 65.1 Å². The van der Waals surface area contributed by atoms with Crippen molar-refractivity contribution < 1.29 is 9.59 Å². The van der Waals surface area contributed by atoms with Crippen LogP contribution in [-0.2, 0) is 6.54 Å². The molecule has 4 nitrogen and oxygen atoms in total. The molecule has 5 aromatic rings. The second kappa shape index (κ2) is 7.82. The SMILES string of the molecule is Cc1c[c]c2c3c(C(N)=O)cccc3n(Cc3ccccc3C(=O)c3ccccc3)c2c1. The lowest BCUT2D eigenvalue weighted by Gasteiger charge is -2.12. The number of benzene rings is 4. The molecule has 2 N–H and O–H groups in total. The molecule has 1 amide bonds. The molecule has 0 saturated heterocycles. The van der Waals surface area contributed by atoms with E-state index in [1.54, 1.807) is 6.07 Å². The molecule has 0 bridgehead atoms. The van der Waals surface area contributed by atoms with Gasteiger partial charge in [0.25, 0.3) is 0 Å². The monoisotopic (exact) mass is 417 g/mol. The van der Waals surface area contributed by atoms with Crippen molar-refractivity contribution in [2.24, 2.45) is 5.73 Å². The summed E-state index contributed by atoms with van der Waals surface area (Å²) < 4.78 is 2.14. The van der Waals surface area contributed by atoms with E-state index in [1.165, 1.54) is 0 Å². The first-order chi connectivity index (χ1) is 15.5. The molecule has 4 heteroatoms. The van der Waals surface area contributed by atoms with E-state index >= 15 is 0 Å². The molecule has 155 valence electrons. The van der Waals surface area contributed by atoms with Gasteiger partial charge < -0.3 is 10.3 Å². The largest absolute Gasteiger partial charge is 0.366 e. The average molecular weight is 417 g/mol. The van der Waals surface area contributed by atoms with Crippen molar-refractivity contribution in [2.75, 3.05) is 0 Å². The van der Waals surface area contributed by atoms with E-state index in [2.05, 4.69) is 16.7 Å². The molecule has 0 fully saturated rings. The third-order valence-electron chi connectivity index (χ3n) is 5.83. The molecule has 0 aliphatic carbocycles. The summed E-state index contributed by atoms with van der Waals surface area (Å²) in [7, 11) is 0. The zero-order chi connectivity index (χ0) is 22.2. The molecule has 32 heavy (non-hydrogen) atoms. The molecule has 0 saturated carbocycles. The predicted molar refractivity (Wildman–Crippen MR) is 127 cm³/mol. The van der Waals surface area contributed by atoms with Crippen LogP contribution in [0.15, 0.2) is 84.9 Å². The molecule has 4 aromatic carbocycles. The van der Waals surface area contributed by atoms with Gasteiger partial charge in [0.2, 0.25) is 5.91 Å². The number of rotatable bonds is 5. The van der Waals surface area contributed by atoms with E-state index in [-0.39, 0.29) is 5.78 Å². The molecule has 0 aliphatic heterocycles. The molecule has 0 atom stereocenters. The Kier molecular flexibility index (Phi) is 4.83. The quantitative estimate of drug-likeness (QED) is 0.395. The van der Waals surface area contributed by atoms with Crippen LogP contribution in [0, 0.1) is 13.0 Å². The first kappa shape index (κ1) is 19.8. The van der Waals surface area contributed by atoms with Gasteiger partial charge in [0, 0.05) is 34.0 Å². The lowest BCUT2D eigenvalue weighted by atomic mass is 9.98. The molecule has 5 rings (SSSR count). The number of nitrogens with zero attached hydrogens (tertiary/aromatic N) is 1. The van der Waals surface area contributed by atoms with Gasteiger partial charge in [-0.2, -0.15) is 0 Å². The Morgan fingerprint density at radius 1 is 0.875 bits per heavy atom. The summed E-state index contributed by atoms with van der Waals surface area (Å²) in [6, 6.07) is 29.9. The minimum Gasteiger partial charge on any atom is -0.366 e. The lowest BCUT2D eigenvalue weighted by Crippen LogP contribution is -2.11. The van der Waals surface area contributed by atoms with Crippen LogP contribution in [-0.4, -0.2) is 16.3 Å². The van der Waals surface area contributed by atoms with Crippen LogP contribution < -0.4 is 5.73 Å². The Hall–Kier alpha value is -4.18. The number of amides is 1. The number of fused-ring (bicyclic) bond motifs is 3. The van der Waals surface area contributed by atoms with Crippen LogP contribution in [0.25, 0.3) is 21.8 Å². The molecule has 1 radical (unpaired) electrons. The molecular weight excluding hydrogens is 396 g/mol. The second-order valence-corrected chi connectivity index (χ2v) is 7.94. The Bertz CT molecular complexity index is 1500. The summed E-state index contributed by atoms with van der Waals surface area (Å²) in [4.78, 5) is 25.4. The van der Waals surface area contributed by atoms with E-state index < -0.39 is 5.91 Å². The van der Waals surface area contributed by atoms with E-state index in [9.17, 15) is 9.59 Å². The summed E-state index contributed by atoms with van der Waals surface area (Å²) in [5.41, 5.74) is 11.3. The van der Waals surface area contributed by atoms with Gasteiger partial charge in [-0.3, -0.25) is 9.59 Å². The van der Waals surface area contributed by atoms with Crippen LogP contribution in [0.5, 0.6) is 0 Å². The maximum absolute atomic E-state index is 13.2. The summed E-state index contributed by atoms with van der Waals surface area (Å²) in [6.45, 7) is 2.49. The van der Waals surface area contributed by atoms with E-state index in [4.69, 9.17) is 5.73 Å². The Balaban J connectivity index is 1.72. The van der Waals surface area contributed by atoms with Gasteiger partial charge in [0.05, 0.1) is 11.0 Å². The first-order valence-electron chi connectivity index (χ1n) is 10.5. The van der Waals surface area contributed by atoms with Gasteiger partial charge >= 0.3 is 0 Å². The van der Waals surface area contributed by atoms with Gasteiger partial charge in [-0.05, 0) is 42.3 Å². The number of primary amides is 1. The van der Waals surface area contributed by atoms with Crippen molar-refractivity contribution in [1.82, 2.24) is 4.57 Å². The molecule has 0 spiro atoms. The number of hydrogen-bond acceptors (Lipinski definition) is 2. The van der Waals surface area contributed by atoms with Crippen LogP contribution in [0.1, 0.15) is 37.4 Å². The van der Waals surface area contributed by atoms with Crippen molar-refractivity contribution in [3.05, 3.63) is 119 Å². The van der Waals surface area contributed by atoms with Gasteiger partial charge in [0.1, 0.15) is 0 Å². The first-order valence-corrected chi connectivity index (χ1v) is 10.5. The summed E-state index contributed by atoms with van der Waals surface area (Å²) >= 11 is 0. The van der Waals surface area contributed by atoms with Gasteiger partial charge in [0.15, 0.2) is 5.78 Å². The highest BCUT2D eigenvalue weighted by Gasteiger charge is 2.19. The van der Waals surface area contributed by atoms with Gasteiger partial charge in [-0.25, -0.2) is 0 Å². The van der Waals surface area contributed by atoms with Crippen LogP contribution in [0.3, 0.4) is 0 Å². The summed E-state index contributed by atoms with van der Waals surface area (Å²) in [6.07, 6.45) is 0. The van der Waals surface area contributed by atoms with Crippen molar-refractivity contribution in [3.8, 4) is 0 Å². The third kappa shape index (κ3) is 3.26. The number of aromatic nitrogens is 1. The normalized spacial score (nSPS) is 11.2. The van der Waals surface area contributed by atoms with Gasteiger partial charge in [-0.1, -0.05) is 66.7 Å². The molecule has 0 aliphatic rings. The maximum Gasteiger partial charge on any atom is 0.249 e. The number of aryl methyl sites for hydroxylation is 1. The highest BCUT2D eigenvalue weighted by Crippen LogP contribution is 2.33. The summed E-state index contributed by atoms with van der Waals surface area (Å²) in [5, 5.41) is 1.65. The summed E-state index contributed by atoms with van der Waals surface area (Å²) in [5.74, 6) is -0.481. The smallest absolute Gasteiger partial charge is 0.249 e. The Morgan fingerprint density at radius 3 is 2.38 bits per heavy atom. The zero-order valence-electron chi connectivity index (χ0n) is 17.6. The lowest BCUT2D eigenvalue weighted by molar-refractivity contribution is 0.1000. The molecule has 1 heterocycles. The molecule has 0 unspecified atom stereocenters. The van der Waals surface area contributed by atoms with Crippen LogP contribution in [0.4, 0.5) is 0 Å². The van der Waals surface area contributed by atoms with Gasteiger partial charge in [-0.15, -0.1) is 0 Å². The fraction of sp³-hybridized carbons (Fsp3) is 0.0714. The minimum atomic E-state index is -0.469. The van der Waals surface area contributed by atoms with Crippen molar-refractivity contribution in [3.63, 3.8) is 0 Å². The van der Waals surface area contributed by atoms with Crippen LogP contribution in [0.2, 0.25) is 0 Å². The highest BCUT2D eigenvalue weighted by atomic mass is 16.1. The molecule has 1 aromatic heterocycles. The fourth-order valence-electron chi connectivity index (χ4n) is 4.33. The van der Waals surface area contributed by atoms with Crippen molar-refractivity contribution in [1.29, 1.82) is 0 Å². The van der Waals surface area contributed by atoms with E-state index in [1.807, 2.05) is 79.7 Å². The maximum atomic E-state index is 13.2.